The number of rotatable bonds is 4. The predicted octanol–water partition coefficient (Wildman–Crippen LogP) is 4.08. The summed E-state index contributed by atoms with van der Waals surface area (Å²) in [5.74, 6) is 3.62. The summed E-state index contributed by atoms with van der Waals surface area (Å²) in [6.45, 7) is 6.87. The third kappa shape index (κ3) is 3.30. The Bertz CT molecular complexity index is 510. The van der Waals surface area contributed by atoms with Crippen molar-refractivity contribution < 1.29 is 0 Å². The Balaban J connectivity index is 1.76. The average Bonchev–Trinajstić information content (AvgIpc) is 3.28. The van der Waals surface area contributed by atoms with Crippen molar-refractivity contribution in [1.29, 1.82) is 0 Å². The highest BCUT2D eigenvalue weighted by atomic mass is 15.1. The first-order valence-electron chi connectivity index (χ1n) is 8.31. The summed E-state index contributed by atoms with van der Waals surface area (Å²) in [6, 6.07) is 0.559. The molecule has 21 heavy (non-hydrogen) atoms. The van der Waals surface area contributed by atoms with Crippen LogP contribution in [-0.2, 0) is 0 Å². The van der Waals surface area contributed by atoms with E-state index >= 15 is 0 Å². The fourth-order valence-electron chi connectivity index (χ4n) is 3.18. The Hall–Kier alpha value is -1.32. The third-order valence-electron chi connectivity index (χ3n) is 5.02. The van der Waals surface area contributed by atoms with Gasteiger partial charge in [0.05, 0.1) is 0 Å². The molecule has 4 nitrogen and oxygen atoms in total. The lowest BCUT2D eigenvalue weighted by Crippen LogP contribution is -2.30. The van der Waals surface area contributed by atoms with Gasteiger partial charge in [-0.05, 0) is 50.9 Å². The van der Waals surface area contributed by atoms with Gasteiger partial charge < -0.3 is 10.6 Å². The Kier molecular flexibility index (Phi) is 3.80. The van der Waals surface area contributed by atoms with Crippen LogP contribution in [0.1, 0.15) is 69.7 Å². The van der Waals surface area contributed by atoms with Crippen LogP contribution in [0, 0.1) is 12.3 Å². The summed E-state index contributed by atoms with van der Waals surface area (Å²) in [6.07, 6.45) is 7.55. The van der Waals surface area contributed by atoms with Crippen LogP contribution in [-0.4, -0.2) is 23.1 Å². The first-order valence-corrected chi connectivity index (χ1v) is 8.31. The number of aromatic nitrogens is 2. The molecule has 0 bridgehead atoms. The Labute approximate surface area is 128 Å². The van der Waals surface area contributed by atoms with Crippen molar-refractivity contribution in [2.24, 2.45) is 5.41 Å². The molecular formula is C17H28N4. The Morgan fingerprint density at radius 3 is 2.19 bits per heavy atom. The van der Waals surface area contributed by atoms with Gasteiger partial charge in [0.25, 0.3) is 0 Å². The SMILES string of the molecule is CNc1nc(C2CC2)nc(NC2CCC(C)(C)CC2)c1C. The van der Waals surface area contributed by atoms with Crippen LogP contribution in [0.2, 0.25) is 0 Å². The summed E-state index contributed by atoms with van der Waals surface area (Å²) in [4.78, 5) is 9.48. The smallest absolute Gasteiger partial charge is 0.136 e. The molecule has 0 saturated heterocycles. The van der Waals surface area contributed by atoms with Crippen molar-refractivity contribution >= 4 is 11.6 Å². The minimum Gasteiger partial charge on any atom is -0.373 e. The van der Waals surface area contributed by atoms with Crippen LogP contribution in [0.4, 0.5) is 11.6 Å². The highest BCUT2D eigenvalue weighted by Gasteiger charge is 2.30. The number of hydrogen-bond acceptors (Lipinski definition) is 4. The second-order valence-electron chi connectivity index (χ2n) is 7.51. The van der Waals surface area contributed by atoms with Gasteiger partial charge in [-0.1, -0.05) is 13.8 Å². The molecule has 2 N–H and O–H groups in total. The van der Waals surface area contributed by atoms with E-state index in [2.05, 4.69) is 36.4 Å². The van der Waals surface area contributed by atoms with E-state index in [1.165, 1.54) is 38.5 Å². The van der Waals surface area contributed by atoms with Crippen molar-refractivity contribution in [2.75, 3.05) is 17.7 Å². The molecule has 2 aliphatic carbocycles. The number of nitrogens with one attached hydrogen (secondary N) is 2. The first kappa shape index (κ1) is 14.6. The van der Waals surface area contributed by atoms with Crippen LogP contribution >= 0.6 is 0 Å². The topological polar surface area (TPSA) is 49.8 Å². The minimum atomic E-state index is 0.508. The van der Waals surface area contributed by atoms with Gasteiger partial charge in [0, 0.05) is 24.6 Å². The van der Waals surface area contributed by atoms with Crippen LogP contribution in [0.15, 0.2) is 0 Å². The van der Waals surface area contributed by atoms with Crippen LogP contribution in [0.5, 0.6) is 0 Å². The molecule has 2 fully saturated rings. The Morgan fingerprint density at radius 2 is 1.62 bits per heavy atom. The van der Waals surface area contributed by atoms with Crippen molar-refractivity contribution in [3.63, 3.8) is 0 Å². The standard InChI is InChI=1S/C17H28N4/c1-11-14(18-4)20-16(12-5-6-12)21-15(11)19-13-7-9-17(2,3)10-8-13/h12-13H,5-10H2,1-4H3,(H2,18,19,20,21). The molecule has 0 unspecified atom stereocenters. The summed E-state index contributed by atoms with van der Waals surface area (Å²) < 4.78 is 0. The second kappa shape index (κ2) is 5.47. The molecule has 4 heteroatoms. The average molecular weight is 288 g/mol. The molecule has 2 saturated carbocycles. The van der Waals surface area contributed by atoms with Crippen LogP contribution < -0.4 is 10.6 Å². The van der Waals surface area contributed by atoms with Gasteiger partial charge in [0.1, 0.15) is 17.5 Å². The van der Waals surface area contributed by atoms with E-state index in [9.17, 15) is 0 Å². The molecule has 0 spiro atoms. The van der Waals surface area contributed by atoms with Crippen LogP contribution in [0.3, 0.4) is 0 Å². The molecule has 0 radical (unpaired) electrons. The summed E-state index contributed by atoms with van der Waals surface area (Å²) in [7, 11) is 1.94. The molecule has 3 rings (SSSR count). The van der Waals surface area contributed by atoms with Gasteiger partial charge in [-0.2, -0.15) is 0 Å². The van der Waals surface area contributed by atoms with E-state index in [4.69, 9.17) is 4.98 Å². The first-order chi connectivity index (χ1) is 9.98. The predicted molar refractivity (Wildman–Crippen MR) is 88.0 cm³/mol. The van der Waals surface area contributed by atoms with Crippen molar-refractivity contribution in [3.8, 4) is 0 Å². The molecule has 0 aliphatic heterocycles. The van der Waals surface area contributed by atoms with E-state index in [0.29, 0.717) is 17.4 Å². The molecule has 116 valence electrons. The van der Waals surface area contributed by atoms with Crippen molar-refractivity contribution in [1.82, 2.24) is 9.97 Å². The third-order valence-corrected chi connectivity index (χ3v) is 5.02. The summed E-state index contributed by atoms with van der Waals surface area (Å²) >= 11 is 0. The molecule has 0 aromatic carbocycles. The van der Waals surface area contributed by atoms with Gasteiger partial charge >= 0.3 is 0 Å². The van der Waals surface area contributed by atoms with E-state index < -0.39 is 0 Å². The van der Waals surface area contributed by atoms with Crippen molar-refractivity contribution in [2.45, 2.75) is 71.3 Å². The maximum atomic E-state index is 4.81. The highest BCUT2D eigenvalue weighted by Crippen LogP contribution is 2.40. The van der Waals surface area contributed by atoms with E-state index in [1.54, 1.807) is 0 Å². The van der Waals surface area contributed by atoms with Gasteiger partial charge in [-0.15, -0.1) is 0 Å². The molecule has 0 atom stereocenters. The lowest BCUT2D eigenvalue weighted by atomic mass is 9.75. The molecule has 1 heterocycles. The summed E-state index contributed by atoms with van der Waals surface area (Å²) in [5.41, 5.74) is 1.65. The van der Waals surface area contributed by atoms with Crippen molar-refractivity contribution in [3.05, 3.63) is 11.4 Å². The molecular weight excluding hydrogens is 260 g/mol. The van der Waals surface area contributed by atoms with E-state index in [1.807, 2.05) is 7.05 Å². The zero-order chi connectivity index (χ0) is 15.0. The monoisotopic (exact) mass is 288 g/mol. The number of hydrogen-bond donors (Lipinski definition) is 2. The normalized spacial score (nSPS) is 22.1. The zero-order valence-electron chi connectivity index (χ0n) is 13.8. The number of nitrogens with zero attached hydrogens (tertiary/aromatic N) is 2. The fraction of sp³-hybridized carbons (Fsp3) is 0.765. The second-order valence-corrected chi connectivity index (χ2v) is 7.51. The van der Waals surface area contributed by atoms with Gasteiger partial charge in [-0.3, -0.25) is 0 Å². The lowest BCUT2D eigenvalue weighted by Gasteiger charge is -2.35. The van der Waals surface area contributed by atoms with Gasteiger partial charge in [0.15, 0.2) is 0 Å². The van der Waals surface area contributed by atoms with Gasteiger partial charge in [0.2, 0.25) is 0 Å². The minimum absolute atomic E-state index is 0.508. The summed E-state index contributed by atoms with van der Waals surface area (Å²) in [5, 5.41) is 6.91. The molecule has 2 aliphatic rings. The van der Waals surface area contributed by atoms with Gasteiger partial charge in [-0.25, -0.2) is 9.97 Å². The molecule has 1 aromatic heterocycles. The maximum absolute atomic E-state index is 4.81. The van der Waals surface area contributed by atoms with Crippen LogP contribution in [0.25, 0.3) is 0 Å². The zero-order valence-corrected chi connectivity index (χ0v) is 13.8. The molecule has 0 amide bonds. The Morgan fingerprint density at radius 1 is 1.00 bits per heavy atom. The largest absolute Gasteiger partial charge is 0.373 e. The van der Waals surface area contributed by atoms with E-state index in [0.717, 1.165) is 23.0 Å². The molecule has 1 aromatic rings. The number of anilines is 2. The fourth-order valence-corrected chi connectivity index (χ4v) is 3.18. The van der Waals surface area contributed by atoms with E-state index in [-0.39, 0.29) is 0 Å². The maximum Gasteiger partial charge on any atom is 0.136 e. The quantitative estimate of drug-likeness (QED) is 0.876. The highest BCUT2D eigenvalue weighted by molar-refractivity contribution is 5.57. The lowest BCUT2D eigenvalue weighted by molar-refractivity contribution is 0.232.